The first-order valence-electron chi connectivity index (χ1n) is 31.8. The summed E-state index contributed by atoms with van der Waals surface area (Å²) in [4.78, 5) is 132. The summed E-state index contributed by atoms with van der Waals surface area (Å²) in [6.07, 6.45) is -6.72. The fourth-order valence-corrected chi connectivity index (χ4v) is 11.1. The summed E-state index contributed by atoms with van der Waals surface area (Å²) in [6.45, 7) is 15.7. The van der Waals surface area contributed by atoms with E-state index in [4.69, 9.17) is 37.9 Å². The Morgan fingerprint density at radius 3 is 1.02 bits per heavy atom. The van der Waals surface area contributed by atoms with E-state index < -0.39 is 180 Å². The minimum absolute atomic E-state index is 0.0269. The molecule has 0 fully saturated rings. The first-order valence-corrected chi connectivity index (χ1v) is 34.7. The summed E-state index contributed by atoms with van der Waals surface area (Å²) in [7, 11) is -9.53. The minimum Gasteiger partial charge on any atom is -0.481 e. The Morgan fingerprint density at radius 2 is 0.740 bits per heavy atom. The molecule has 38 heteroatoms. The van der Waals surface area contributed by atoms with Crippen molar-refractivity contribution in [3.05, 3.63) is 119 Å². The molecule has 4 rings (SSSR count). The average molecular weight is 1500 g/mol. The lowest BCUT2D eigenvalue weighted by atomic mass is 10.1. The van der Waals surface area contributed by atoms with Crippen LogP contribution in [0, 0.1) is 0 Å². The van der Waals surface area contributed by atoms with Gasteiger partial charge in [0.2, 0.25) is 11.9 Å². The zero-order valence-corrected chi connectivity index (χ0v) is 60.9. The van der Waals surface area contributed by atoms with Crippen LogP contribution in [0.25, 0.3) is 0 Å². The van der Waals surface area contributed by atoms with Gasteiger partial charge >= 0.3 is 60.2 Å². The zero-order chi connectivity index (χ0) is 78.0. The molecule has 0 bridgehead atoms. The number of benzene rings is 4. The van der Waals surface area contributed by atoms with Crippen LogP contribution in [0.5, 0.6) is 11.5 Å². The second kappa shape index (κ2) is 38.9. The highest BCUT2D eigenvalue weighted by molar-refractivity contribution is 7.87. The number of guanidine groups is 2. The number of alkyl carbamates (subject to hydrolysis) is 2. The Kier molecular flexibility index (Phi) is 32.2. The highest BCUT2D eigenvalue weighted by atomic mass is 32.2. The van der Waals surface area contributed by atoms with Crippen LogP contribution in [0.15, 0.2) is 107 Å². The quantitative estimate of drug-likeness (QED) is 0.00561. The van der Waals surface area contributed by atoms with Gasteiger partial charge in [0.05, 0.1) is 37.6 Å². The maximum Gasteiger partial charge on any atom is 0.437 e. The number of carboxylic acid groups (broad SMARTS) is 4. The van der Waals surface area contributed by atoms with E-state index in [0.29, 0.717) is 19.7 Å². The molecular weight excluding hydrogens is 1410 g/mol. The van der Waals surface area contributed by atoms with Crippen molar-refractivity contribution >= 4 is 104 Å². The van der Waals surface area contributed by atoms with Gasteiger partial charge in [0.25, 0.3) is 20.4 Å². The average Bonchev–Trinajstić information content (AvgIpc) is 0.823. The number of carbonyl (C=O) groups excluding carboxylic acids is 6. The number of hydrogen-bond donors (Lipinski definition) is 10. The summed E-state index contributed by atoms with van der Waals surface area (Å²) in [5.74, 6) is -8.49. The van der Waals surface area contributed by atoms with E-state index in [9.17, 15) is 85.2 Å². The van der Waals surface area contributed by atoms with Gasteiger partial charge in [0, 0.05) is 50.4 Å². The standard InChI is InChI=1S/C66H88N10O26S2/c1-63(2,3)99-59(87)71-57(72-60(88)100-64(4,5)6)69-45-21-17-43(18-22-45)55(85)97-47-25-13-41(14-26-47)39-67-103(91,92)75(49(53(81)82)29-31-51(77)78)33-35-95-37-38-96-36-34-76(50(54(83)84)30-32-52(79)80)104(93,94)68-40-42-15-27-48(28-16-42)98-56(86)44-19-23-46(24-20-44)70-58(73-61(89)101-65(7,8)9)74-62(90)102-66(10,11)12/h13-28,49-50,67-68H,29-40H2,1-12H3,(H,77,78)(H,79,80)(H,81,82)(H,83,84)(H2,69,71,72,87,88)(H2,70,73,74,89,90). The third-order valence-corrected chi connectivity index (χ3v) is 15.9. The van der Waals surface area contributed by atoms with Gasteiger partial charge in [-0.3, -0.25) is 29.8 Å². The molecule has 0 aliphatic heterocycles. The minimum atomic E-state index is -4.76. The molecule has 0 spiro atoms. The van der Waals surface area contributed by atoms with E-state index in [1.807, 2.05) is 0 Å². The van der Waals surface area contributed by atoms with Gasteiger partial charge < -0.3 is 69.0 Å². The van der Waals surface area contributed by atoms with Crippen LogP contribution in [0.4, 0.5) is 30.6 Å². The van der Waals surface area contributed by atoms with Crippen LogP contribution in [0.3, 0.4) is 0 Å². The molecule has 104 heavy (non-hydrogen) atoms. The Morgan fingerprint density at radius 1 is 0.433 bits per heavy atom. The second-order valence-corrected chi connectivity index (χ2v) is 29.7. The van der Waals surface area contributed by atoms with Gasteiger partial charge in [-0.15, -0.1) is 9.98 Å². The molecule has 10 N–H and O–H groups in total. The number of rotatable bonds is 33. The van der Waals surface area contributed by atoms with Crippen molar-refractivity contribution in [1.82, 2.24) is 28.7 Å². The van der Waals surface area contributed by atoms with Crippen molar-refractivity contribution in [1.29, 1.82) is 0 Å². The van der Waals surface area contributed by atoms with E-state index in [-0.39, 0.29) is 59.1 Å². The van der Waals surface area contributed by atoms with Crippen molar-refractivity contribution in [3.8, 4) is 11.5 Å². The first-order chi connectivity index (χ1) is 48.2. The molecule has 0 saturated carbocycles. The second-order valence-electron chi connectivity index (χ2n) is 26.3. The van der Waals surface area contributed by atoms with Crippen molar-refractivity contribution in [2.75, 3.05) is 50.2 Å². The summed E-state index contributed by atoms with van der Waals surface area (Å²) in [5, 5.41) is 49.2. The molecule has 2 unspecified atom stereocenters. The molecule has 0 aliphatic carbocycles. The monoisotopic (exact) mass is 1500 g/mol. The van der Waals surface area contributed by atoms with Crippen molar-refractivity contribution in [2.45, 2.75) is 156 Å². The highest BCUT2D eigenvalue weighted by Gasteiger charge is 2.37. The summed E-state index contributed by atoms with van der Waals surface area (Å²) < 4.78 is 104. The van der Waals surface area contributed by atoms with E-state index in [1.54, 1.807) is 83.1 Å². The molecule has 0 saturated heterocycles. The number of esters is 2. The molecule has 4 aromatic rings. The normalized spacial score (nSPS) is 13.0. The predicted octanol–water partition coefficient (Wildman–Crippen LogP) is 7.22. The molecule has 0 radical (unpaired) electrons. The number of anilines is 2. The van der Waals surface area contributed by atoms with Gasteiger partial charge in [-0.1, -0.05) is 24.3 Å². The molecule has 0 aliphatic rings. The highest BCUT2D eigenvalue weighted by Crippen LogP contribution is 2.22. The van der Waals surface area contributed by atoms with E-state index in [1.165, 1.54) is 97.1 Å². The molecular formula is C66H88N10O26S2. The fourth-order valence-electron chi connectivity index (χ4n) is 8.40. The van der Waals surface area contributed by atoms with Crippen LogP contribution >= 0.6 is 0 Å². The Balaban J connectivity index is 1.35. The van der Waals surface area contributed by atoms with E-state index in [0.717, 1.165) is 0 Å². The van der Waals surface area contributed by atoms with Crippen molar-refractivity contribution in [2.24, 2.45) is 9.98 Å². The topological polar surface area (TPSA) is 497 Å². The molecule has 4 amide bonds. The smallest absolute Gasteiger partial charge is 0.437 e. The lowest BCUT2D eigenvalue weighted by molar-refractivity contribution is -0.144. The number of amides is 4. The molecule has 0 aromatic heterocycles. The Labute approximate surface area is 600 Å². The zero-order valence-electron chi connectivity index (χ0n) is 59.3. The SMILES string of the molecule is CC(C)(C)OC(=O)N=C(NC(=O)OC(C)(C)C)Nc1ccc(C(=O)Oc2ccc(CNS(=O)(=O)N(CCOCCOCCN(C(CCC(=O)O)C(=O)O)S(=O)(=O)NCc3ccc(OC(=O)c4ccc(NC(=NC(=O)OC(C)(C)C)NC(=O)OC(C)(C)C)cc4)cc3)C(CCC(=O)O)C(=O)O)cc2)cc1. The maximum atomic E-state index is 13.8. The first kappa shape index (κ1) is 86.2. The fraction of sp³-hybridized carbons (Fsp3) is 0.455. The van der Waals surface area contributed by atoms with Crippen LogP contribution in [0.1, 0.15) is 141 Å². The van der Waals surface area contributed by atoms with E-state index >= 15 is 0 Å². The third kappa shape index (κ3) is 33.3. The van der Waals surface area contributed by atoms with Crippen molar-refractivity contribution in [3.63, 3.8) is 0 Å². The predicted molar refractivity (Wildman–Crippen MR) is 372 cm³/mol. The number of nitrogens with zero attached hydrogens (tertiary/aromatic N) is 4. The number of carboxylic acids is 4. The van der Waals surface area contributed by atoms with Gasteiger partial charge in [0.15, 0.2) is 0 Å². The van der Waals surface area contributed by atoms with Crippen LogP contribution < -0.4 is 40.2 Å². The number of aliphatic imine (C=N–C) groups is 2. The number of nitrogens with one attached hydrogen (secondary N) is 6. The van der Waals surface area contributed by atoms with Gasteiger partial charge in [-0.2, -0.15) is 34.9 Å². The van der Waals surface area contributed by atoms with Crippen LogP contribution in [-0.2, 0) is 81.1 Å². The largest absolute Gasteiger partial charge is 0.481 e. The number of ether oxygens (including phenoxy) is 8. The Bertz CT molecular complexity index is 3690. The van der Waals surface area contributed by atoms with Gasteiger partial charge in [-0.25, -0.2) is 28.8 Å². The lowest BCUT2D eigenvalue weighted by Gasteiger charge is -2.28. The van der Waals surface area contributed by atoms with Crippen molar-refractivity contribution < 1.29 is 123 Å². The Hall–Kier alpha value is -10.2. The van der Waals surface area contributed by atoms with E-state index in [2.05, 4.69) is 40.7 Å². The lowest BCUT2D eigenvalue weighted by Crippen LogP contribution is -2.51. The molecule has 0 heterocycles. The summed E-state index contributed by atoms with van der Waals surface area (Å²) in [6, 6.07) is 18.3. The maximum absolute atomic E-state index is 13.8. The van der Waals surface area contributed by atoms with Gasteiger partial charge in [-0.05, 0) is 180 Å². The number of hydrogen-bond acceptors (Lipinski definition) is 22. The summed E-state index contributed by atoms with van der Waals surface area (Å²) >= 11 is 0. The third-order valence-electron chi connectivity index (χ3n) is 12.8. The molecule has 2 atom stereocenters. The van der Waals surface area contributed by atoms with Crippen LogP contribution in [-0.4, -0.2) is 192 Å². The van der Waals surface area contributed by atoms with Gasteiger partial charge in [0.1, 0.15) is 46.0 Å². The van der Waals surface area contributed by atoms with Crippen LogP contribution in [0.2, 0.25) is 0 Å². The number of carbonyl (C=O) groups is 10. The number of aliphatic carboxylic acids is 4. The summed E-state index contributed by atoms with van der Waals surface area (Å²) in [5.41, 5.74) is -2.35. The molecule has 36 nitrogen and oxygen atoms in total. The molecule has 570 valence electrons. The molecule has 4 aromatic carbocycles.